The number of hydrogen-bond acceptors (Lipinski definition) is 1. The molecule has 0 radical (unpaired) electrons. The third kappa shape index (κ3) is 3.18. The van der Waals surface area contributed by atoms with Gasteiger partial charge >= 0.3 is 0 Å². The van der Waals surface area contributed by atoms with E-state index < -0.39 is 0 Å². The van der Waals surface area contributed by atoms with E-state index >= 15 is 0 Å². The van der Waals surface area contributed by atoms with Crippen LogP contribution in [0.1, 0.15) is 35.0 Å². The summed E-state index contributed by atoms with van der Waals surface area (Å²) in [7, 11) is 0. The molecule has 3 rings (SSSR count). The summed E-state index contributed by atoms with van der Waals surface area (Å²) in [5.41, 5.74) is 8.39. The van der Waals surface area contributed by atoms with Gasteiger partial charge in [-0.15, -0.1) is 0 Å². The lowest BCUT2D eigenvalue weighted by Crippen LogP contribution is -1.99. The van der Waals surface area contributed by atoms with Crippen molar-refractivity contribution < 1.29 is 0 Å². The van der Waals surface area contributed by atoms with E-state index in [0.717, 1.165) is 17.7 Å². The zero-order valence-electron chi connectivity index (χ0n) is 14.9. The molecule has 1 aromatic heterocycles. The topological polar surface area (TPSA) is 17.3 Å². The number of hydrogen-bond donors (Lipinski definition) is 0. The van der Waals surface area contributed by atoms with Crippen LogP contribution in [0.2, 0.25) is 0 Å². The minimum atomic E-state index is 1.02. The zero-order chi connectivity index (χ0) is 17.1. The average molecular weight is 316 g/mol. The number of benzene rings is 2. The van der Waals surface area contributed by atoms with Crippen LogP contribution in [0.3, 0.4) is 0 Å². The second kappa shape index (κ2) is 6.88. The molecule has 0 aliphatic rings. The molecule has 1 heterocycles. The quantitative estimate of drug-likeness (QED) is 0.548. The van der Waals surface area contributed by atoms with E-state index in [-0.39, 0.29) is 0 Å². The molecule has 0 bridgehead atoms. The Morgan fingerprint density at radius 2 is 1.67 bits per heavy atom. The van der Waals surface area contributed by atoms with Crippen LogP contribution in [-0.2, 0) is 6.42 Å². The summed E-state index contributed by atoms with van der Waals surface area (Å²) in [4.78, 5) is 4.67. The Balaban J connectivity index is 1.95. The van der Waals surface area contributed by atoms with Gasteiger partial charge in [0.15, 0.2) is 0 Å². The van der Waals surface area contributed by atoms with Crippen molar-refractivity contribution in [3.05, 3.63) is 82.7 Å². The highest BCUT2D eigenvalue weighted by Crippen LogP contribution is 2.22. The van der Waals surface area contributed by atoms with E-state index in [4.69, 9.17) is 0 Å². The standard InChI is InChI=1S/C22H24N2/c1-5-19-10-12-21(13-11-19)24-17(3)14-20(18(24)4)15-23-22-9-7-6-8-16(22)2/h6-15H,5H2,1-4H3. The monoisotopic (exact) mass is 316 g/mol. The fraction of sp³-hybridized carbons (Fsp3) is 0.227. The lowest BCUT2D eigenvalue weighted by Gasteiger charge is -2.10. The first-order valence-electron chi connectivity index (χ1n) is 8.48. The molecular formula is C22H24N2. The largest absolute Gasteiger partial charge is 0.318 e. The lowest BCUT2D eigenvalue weighted by molar-refractivity contribution is 0.962. The molecule has 0 amide bonds. The number of aliphatic imine (C=N–C) groups is 1. The normalized spacial score (nSPS) is 11.3. The lowest BCUT2D eigenvalue weighted by atomic mass is 10.1. The molecule has 0 atom stereocenters. The average Bonchev–Trinajstić information content (AvgIpc) is 2.88. The molecule has 122 valence electrons. The molecule has 24 heavy (non-hydrogen) atoms. The molecule has 0 unspecified atom stereocenters. The Bertz CT molecular complexity index is 867. The van der Waals surface area contributed by atoms with E-state index in [2.05, 4.69) is 79.7 Å². The summed E-state index contributed by atoms with van der Waals surface area (Å²) in [6.07, 6.45) is 3.04. The van der Waals surface area contributed by atoms with Gasteiger partial charge < -0.3 is 4.57 Å². The van der Waals surface area contributed by atoms with Crippen LogP contribution in [0.5, 0.6) is 0 Å². The van der Waals surface area contributed by atoms with Gasteiger partial charge in [0.05, 0.1) is 5.69 Å². The highest BCUT2D eigenvalue weighted by atomic mass is 15.0. The molecule has 0 spiro atoms. The number of nitrogens with zero attached hydrogens (tertiary/aromatic N) is 2. The van der Waals surface area contributed by atoms with Gasteiger partial charge in [-0.3, -0.25) is 4.99 Å². The smallest absolute Gasteiger partial charge is 0.0659 e. The summed E-state index contributed by atoms with van der Waals surface area (Å²) in [6.45, 7) is 8.57. The maximum atomic E-state index is 4.67. The van der Waals surface area contributed by atoms with Crippen LogP contribution in [0, 0.1) is 20.8 Å². The molecule has 3 aromatic rings. The van der Waals surface area contributed by atoms with Crippen molar-refractivity contribution in [1.82, 2.24) is 4.57 Å². The summed E-state index contributed by atoms with van der Waals surface area (Å²) >= 11 is 0. The van der Waals surface area contributed by atoms with Crippen molar-refractivity contribution in [3.63, 3.8) is 0 Å². The van der Waals surface area contributed by atoms with Crippen LogP contribution in [0.15, 0.2) is 59.6 Å². The summed E-state index contributed by atoms with van der Waals surface area (Å²) in [6, 6.07) is 19.2. The molecular weight excluding hydrogens is 292 g/mol. The number of rotatable bonds is 4. The minimum Gasteiger partial charge on any atom is -0.318 e. The number of aromatic nitrogens is 1. The van der Waals surface area contributed by atoms with E-state index in [9.17, 15) is 0 Å². The fourth-order valence-electron chi connectivity index (χ4n) is 3.04. The first-order chi connectivity index (χ1) is 11.6. The Morgan fingerprint density at radius 3 is 2.33 bits per heavy atom. The summed E-state index contributed by atoms with van der Waals surface area (Å²) < 4.78 is 2.29. The van der Waals surface area contributed by atoms with Gasteiger partial charge in [0.2, 0.25) is 0 Å². The summed E-state index contributed by atoms with van der Waals surface area (Å²) in [5, 5.41) is 0. The van der Waals surface area contributed by atoms with Gasteiger partial charge in [0, 0.05) is 28.9 Å². The second-order valence-corrected chi connectivity index (χ2v) is 6.23. The third-order valence-corrected chi connectivity index (χ3v) is 4.53. The van der Waals surface area contributed by atoms with Crippen LogP contribution in [-0.4, -0.2) is 10.8 Å². The maximum Gasteiger partial charge on any atom is 0.0659 e. The van der Waals surface area contributed by atoms with Crippen LogP contribution in [0.25, 0.3) is 5.69 Å². The van der Waals surface area contributed by atoms with Crippen LogP contribution < -0.4 is 0 Å². The Morgan fingerprint density at radius 1 is 0.958 bits per heavy atom. The molecule has 0 aliphatic carbocycles. The minimum absolute atomic E-state index is 1.02. The summed E-state index contributed by atoms with van der Waals surface area (Å²) in [5.74, 6) is 0. The van der Waals surface area contributed by atoms with Crippen molar-refractivity contribution in [2.24, 2.45) is 4.99 Å². The predicted octanol–water partition coefficient (Wildman–Crippen LogP) is 5.72. The van der Waals surface area contributed by atoms with E-state index in [1.807, 2.05) is 18.3 Å². The van der Waals surface area contributed by atoms with Gasteiger partial charge in [-0.2, -0.15) is 0 Å². The van der Waals surface area contributed by atoms with Crippen LogP contribution in [0.4, 0.5) is 5.69 Å². The van der Waals surface area contributed by atoms with E-state index in [1.165, 1.54) is 28.2 Å². The van der Waals surface area contributed by atoms with Crippen molar-refractivity contribution in [2.75, 3.05) is 0 Å². The molecule has 2 heteroatoms. The first kappa shape index (κ1) is 16.3. The van der Waals surface area contributed by atoms with Crippen molar-refractivity contribution in [2.45, 2.75) is 34.1 Å². The van der Waals surface area contributed by atoms with Gasteiger partial charge in [-0.1, -0.05) is 37.3 Å². The first-order valence-corrected chi connectivity index (χ1v) is 8.48. The van der Waals surface area contributed by atoms with E-state index in [1.54, 1.807) is 0 Å². The van der Waals surface area contributed by atoms with Crippen molar-refractivity contribution in [3.8, 4) is 5.69 Å². The van der Waals surface area contributed by atoms with Gasteiger partial charge in [-0.25, -0.2) is 0 Å². The van der Waals surface area contributed by atoms with Gasteiger partial charge in [0.1, 0.15) is 0 Å². The Hall–Kier alpha value is -2.61. The molecule has 0 saturated heterocycles. The highest BCUT2D eigenvalue weighted by Gasteiger charge is 2.09. The van der Waals surface area contributed by atoms with E-state index in [0.29, 0.717) is 0 Å². The molecule has 0 aliphatic heterocycles. The predicted molar refractivity (Wildman–Crippen MR) is 103 cm³/mol. The van der Waals surface area contributed by atoms with Crippen LogP contribution >= 0.6 is 0 Å². The fourth-order valence-corrected chi connectivity index (χ4v) is 3.04. The molecule has 2 nitrogen and oxygen atoms in total. The molecule has 0 N–H and O–H groups in total. The Labute approximate surface area is 144 Å². The highest BCUT2D eigenvalue weighted by molar-refractivity contribution is 5.84. The number of aryl methyl sites for hydroxylation is 3. The maximum absolute atomic E-state index is 4.67. The Kier molecular flexibility index (Phi) is 4.66. The number of para-hydroxylation sites is 1. The third-order valence-electron chi connectivity index (χ3n) is 4.53. The SMILES string of the molecule is CCc1ccc(-n2c(C)cc(C=Nc3ccccc3C)c2C)cc1. The zero-order valence-corrected chi connectivity index (χ0v) is 14.9. The molecule has 0 saturated carbocycles. The molecule has 0 fully saturated rings. The van der Waals surface area contributed by atoms with Crippen molar-refractivity contribution in [1.29, 1.82) is 0 Å². The van der Waals surface area contributed by atoms with Crippen molar-refractivity contribution >= 4 is 11.9 Å². The second-order valence-electron chi connectivity index (χ2n) is 6.23. The van der Waals surface area contributed by atoms with Gasteiger partial charge in [0.25, 0.3) is 0 Å². The molecule has 2 aromatic carbocycles. The van der Waals surface area contributed by atoms with Gasteiger partial charge in [-0.05, 0) is 62.6 Å².